The molecule has 1 aliphatic heterocycles. The molecule has 2 aromatic rings. The molecule has 0 bridgehead atoms. The first-order valence-corrected chi connectivity index (χ1v) is 10.1. The number of methoxy groups -OCH3 is 1. The van der Waals surface area contributed by atoms with Crippen LogP contribution in [0.5, 0.6) is 0 Å². The molecule has 0 amide bonds. The molecule has 9 nitrogen and oxygen atoms in total. The lowest BCUT2D eigenvalue weighted by molar-refractivity contribution is -0.137. The van der Waals surface area contributed by atoms with Gasteiger partial charge in [0.2, 0.25) is 15.9 Å². The van der Waals surface area contributed by atoms with E-state index in [1.807, 2.05) is 0 Å². The van der Waals surface area contributed by atoms with E-state index in [9.17, 15) is 13.2 Å². The molecule has 1 aromatic heterocycles. The summed E-state index contributed by atoms with van der Waals surface area (Å²) >= 11 is 1.05. The van der Waals surface area contributed by atoms with Crippen molar-refractivity contribution in [1.82, 2.24) is 14.5 Å². The van der Waals surface area contributed by atoms with Crippen LogP contribution in [0.1, 0.15) is 0 Å². The van der Waals surface area contributed by atoms with Gasteiger partial charge in [-0.3, -0.25) is 4.79 Å². The van der Waals surface area contributed by atoms with E-state index in [-0.39, 0.29) is 21.8 Å². The number of carbonyl (C=O) groups excluding carboxylic acids is 1. The summed E-state index contributed by atoms with van der Waals surface area (Å²) in [6.07, 6.45) is 0. The maximum atomic E-state index is 12.7. The minimum atomic E-state index is -3.61. The number of carbonyl (C=O) groups is 1. The van der Waals surface area contributed by atoms with E-state index in [1.54, 1.807) is 12.1 Å². The van der Waals surface area contributed by atoms with E-state index in [2.05, 4.69) is 14.9 Å². The Morgan fingerprint density at radius 1 is 1.31 bits per heavy atom. The van der Waals surface area contributed by atoms with Crippen molar-refractivity contribution >= 4 is 27.8 Å². The third-order valence-electron chi connectivity index (χ3n) is 3.64. The normalized spacial score (nSPS) is 15.7. The lowest BCUT2D eigenvalue weighted by Gasteiger charge is -2.26. The van der Waals surface area contributed by atoms with Crippen molar-refractivity contribution < 1.29 is 27.1 Å². The summed E-state index contributed by atoms with van der Waals surface area (Å²) < 4.78 is 42.1. The van der Waals surface area contributed by atoms with Crippen LogP contribution in [0, 0.1) is 0 Å². The molecule has 2 heterocycles. The molecule has 0 spiro atoms. The number of thioether (sulfide) groups is 1. The molecule has 0 unspecified atom stereocenters. The summed E-state index contributed by atoms with van der Waals surface area (Å²) in [4.78, 5) is 11.3. The van der Waals surface area contributed by atoms with Crippen molar-refractivity contribution in [3.05, 3.63) is 24.3 Å². The second-order valence-corrected chi connectivity index (χ2v) is 8.15. The minimum absolute atomic E-state index is 0.0452. The van der Waals surface area contributed by atoms with Crippen LogP contribution in [-0.4, -0.2) is 68.1 Å². The molecule has 26 heavy (non-hydrogen) atoms. The molecule has 3 rings (SSSR count). The zero-order valence-corrected chi connectivity index (χ0v) is 15.6. The SMILES string of the molecule is COC(=O)CSc1nnc(-c2cccc(S(=O)(=O)N3CCOCC3)c2)o1. The molecule has 140 valence electrons. The van der Waals surface area contributed by atoms with Gasteiger partial charge in [0.05, 0.1) is 25.2 Å². The number of hydrogen-bond donors (Lipinski definition) is 0. The first-order chi connectivity index (χ1) is 12.5. The average Bonchev–Trinajstić information content (AvgIpc) is 3.16. The van der Waals surface area contributed by atoms with Gasteiger partial charge in [0.25, 0.3) is 5.22 Å². The maximum absolute atomic E-state index is 12.7. The van der Waals surface area contributed by atoms with Crippen LogP contribution in [-0.2, 0) is 24.3 Å². The van der Waals surface area contributed by atoms with Gasteiger partial charge in [-0.05, 0) is 18.2 Å². The smallest absolute Gasteiger partial charge is 0.316 e. The summed E-state index contributed by atoms with van der Waals surface area (Å²) in [5, 5.41) is 7.95. The largest absolute Gasteiger partial charge is 0.468 e. The summed E-state index contributed by atoms with van der Waals surface area (Å²) in [6.45, 7) is 1.40. The second-order valence-electron chi connectivity index (χ2n) is 5.28. The third kappa shape index (κ3) is 4.23. The van der Waals surface area contributed by atoms with Gasteiger partial charge < -0.3 is 13.9 Å². The van der Waals surface area contributed by atoms with Crippen LogP contribution in [0.4, 0.5) is 0 Å². The fourth-order valence-electron chi connectivity index (χ4n) is 2.29. The number of hydrogen-bond acceptors (Lipinski definition) is 9. The Morgan fingerprint density at radius 3 is 2.81 bits per heavy atom. The van der Waals surface area contributed by atoms with Gasteiger partial charge in [-0.1, -0.05) is 17.8 Å². The molecule has 0 radical (unpaired) electrons. The first kappa shape index (κ1) is 18.8. The van der Waals surface area contributed by atoms with E-state index < -0.39 is 16.0 Å². The van der Waals surface area contributed by atoms with Crippen LogP contribution in [0.25, 0.3) is 11.5 Å². The van der Waals surface area contributed by atoms with Crippen LogP contribution >= 0.6 is 11.8 Å². The van der Waals surface area contributed by atoms with E-state index in [4.69, 9.17) is 9.15 Å². The van der Waals surface area contributed by atoms with Crippen LogP contribution in [0.15, 0.2) is 38.8 Å². The third-order valence-corrected chi connectivity index (χ3v) is 6.32. The first-order valence-electron chi connectivity index (χ1n) is 7.72. The van der Waals surface area contributed by atoms with Crippen LogP contribution in [0.3, 0.4) is 0 Å². The van der Waals surface area contributed by atoms with Gasteiger partial charge in [0.15, 0.2) is 0 Å². The van der Waals surface area contributed by atoms with Crippen molar-refractivity contribution in [2.75, 3.05) is 39.2 Å². The predicted octanol–water partition coefficient (Wildman–Crippen LogP) is 1.02. The van der Waals surface area contributed by atoms with Gasteiger partial charge in [0.1, 0.15) is 5.75 Å². The number of sulfonamides is 1. The standard InChI is InChI=1S/C15H17N3O6S2/c1-22-13(19)10-25-15-17-16-14(24-15)11-3-2-4-12(9-11)26(20,21)18-5-7-23-8-6-18/h2-4,9H,5-8,10H2,1H3. The number of aromatic nitrogens is 2. The van der Waals surface area contributed by atoms with Crippen molar-refractivity contribution in [3.8, 4) is 11.5 Å². The quantitative estimate of drug-likeness (QED) is 0.519. The van der Waals surface area contributed by atoms with E-state index >= 15 is 0 Å². The predicted molar refractivity (Wildman–Crippen MR) is 92.1 cm³/mol. The molecule has 0 N–H and O–H groups in total. The van der Waals surface area contributed by atoms with E-state index in [1.165, 1.54) is 23.5 Å². The molecule has 11 heteroatoms. The molecule has 1 saturated heterocycles. The van der Waals surface area contributed by atoms with Crippen molar-refractivity contribution in [1.29, 1.82) is 0 Å². The van der Waals surface area contributed by atoms with E-state index in [0.717, 1.165) is 11.8 Å². The average molecular weight is 399 g/mol. The highest BCUT2D eigenvalue weighted by Crippen LogP contribution is 2.26. The molecule has 0 aliphatic carbocycles. The Balaban J connectivity index is 1.79. The molecule has 0 atom stereocenters. The summed E-state index contributed by atoms with van der Waals surface area (Å²) in [6, 6.07) is 6.32. The molecular weight excluding hydrogens is 382 g/mol. The Kier molecular flexibility index (Phi) is 5.91. The lowest BCUT2D eigenvalue weighted by Crippen LogP contribution is -2.40. The zero-order chi connectivity index (χ0) is 18.6. The molecule has 1 fully saturated rings. The number of nitrogens with zero attached hydrogens (tertiary/aromatic N) is 3. The van der Waals surface area contributed by atoms with Gasteiger partial charge >= 0.3 is 5.97 Å². The fourth-order valence-corrected chi connectivity index (χ4v) is 4.34. The number of benzene rings is 1. The molecule has 0 saturated carbocycles. The van der Waals surface area contributed by atoms with Gasteiger partial charge in [-0.25, -0.2) is 8.42 Å². The fraction of sp³-hybridized carbons (Fsp3) is 0.400. The Labute approximate surface area is 154 Å². The Morgan fingerprint density at radius 2 is 2.08 bits per heavy atom. The number of rotatable bonds is 6. The zero-order valence-electron chi connectivity index (χ0n) is 14.0. The molecule has 1 aliphatic rings. The van der Waals surface area contributed by atoms with Crippen LogP contribution in [0.2, 0.25) is 0 Å². The maximum Gasteiger partial charge on any atom is 0.316 e. The summed E-state index contributed by atoms with van der Waals surface area (Å²) in [7, 11) is -2.32. The lowest BCUT2D eigenvalue weighted by atomic mass is 10.2. The van der Waals surface area contributed by atoms with Crippen molar-refractivity contribution in [3.63, 3.8) is 0 Å². The highest BCUT2D eigenvalue weighted by atomic mass is 32.2. The van der Waals surface area contributed by atoms with Crippen molar-refractivity contribution in [2.24, 2.45) is 0 Å². The number of morpholine rings is 1. The number of ether oxygens (including phenoxy) is 2. The number of esters is 1. The summed E-state index contributed by atoms with van der Waals surface area (Å²) in [5.41, 5.74) is 0.483. The van der Waals surface area contributed by atoms with Crippen LogP contribution < -0.4 is 0 Å². The topological polar surface area (TPSA) is 112 Å². The second kappa shape index (κ2) is 8.16. The van der Waals surface area contributed by atoms with Gasteiger partial charge in [-0.2, -0.15) is 4.31 Å². The molecule has 1 aromatic carbocycles. The Hall–Kier alpha value is -1.95. The van der Waals surface area contributed by atoms with Gasteiger partial charge in [0, 0.05) is 18.7 Å². The van der Waals surface area contributed by atoms with Gasteiger partial charge in [-0.15, -0.1) is 10.2 Å². The van der Waals surface area contributed by atoms with E-state index in [0.29, 0.717) is 31.9 Å². The highest BCUT2D eigenvalue weighted by Gasteiger charge is 2.26. The monoisotopic (exact) mass is 399 g/mol. The highest BCUT2D eigenvalue weighted by molar-refractivity contribution is 7.99. The molecular formula is C15H17N3O6S2. The van der Waals surface area contributed by atoms with Crippen molar-refractivity contribution in [2.45, 2.75) is 10.1 Å². The Bertz CT molecular complexity index is 877. The summed E-state index contributed by atoms with van der Waals surface area (Å²) in [5.74, 6) is -0.186. The minimum Gasteiger partial charge on any atom is -0.468 e.